The van der Waals surface area contributed by atoms with Gasteiger partial charge in [0, 0.05) is 13.1 Å². The fourth-order valence-corrected chi connectivity index (χ4v) is 1.42. The molecule has 0 radical (unpaired) electrons. The maximum Gasteiger partial charge on any atom is 0.0610 e. The van der Waals surface area contributed by atoms with Crippen molar-refractivity contribution in [1.82, 2.24) is 4.90 Å². The van der Waals surface area contributed by atoms with Crippen molar-refractivity contribution in [2.75, 3.05) is 19.3 Å². The second-order valence-electron chi connectivity index (χ2n) is 2.99. The Morgan fingerprint density at radius 1 is 1.33 bits per heavy atom. The average molecular weight is 145 g/mol. The van der Waals surface area contributed by atoms with E-state index in [-0.39, 0.29) is 0 Å². The Hall–Kier alpha value is 0.310. The molecular weight excluding hydrogens is 130 g/mol. The molecule has 1 nitrogen and oxygen atoms in total. The molecule has 2 heteroatoms. The third-order valence-electron chi connectivity index (χ3n) is 2.12. The topological polar surface area (TPSA) is 3.24 Å². The van der Waals surface area contributed by atoms with Crippen molar-refractivity contribution in [2.45, 2.75) is 25.1 Å². The predicted molar refractivity (Wildman–Crippen MR) is 43.8 cm³/mol. The molecule has 0 aromatic carbocycles. The van der Waals surface area contributed by atoms with Crippen molar-refractivity contribution >= 4 is 11.8 Å². The third-order valence-corrected chi connectivity index (χ3v) is 3.37. The highest BCUT2D eigenvalue weighted by Gasteiger charge is 2.29. The van der Waals surface area contributed by atoms with E-state index < -0.39 is 0 Å². The van der Waals surface area contributed by atoms with E-state index in [9.17, 15) is 0 Å². The molecule has 0 aromatic rings. The van der Waals surface area contributed by atoms with Crippen LogP contribution in [0, 0.1) is 0 Å². The van der Waals surface area contributed by atoms with E-state index in [1.54, 1.807) is 0 Å². The lowest BCUT2D eigenvalue weighted by Gasteiger charge is -2.43. The number of nitrogens with zero attached hydrogens (tertiary/aromatic N) is 1. The van der Waals surface area contributed by atoms with Crippen LogP contribution < -0.4 is 0 Å². The minimum absolute atomic E-state index is 0.387. The Labute approximate surface area is 61.8 Å². The first-order valence-corrected chi connectivity index (χ1v) is 4.69. The molecule has 1 heterocycles. The van der Waals surface area contributed by atoms with Gasteiger partial charge in [-0.3, -0.25) is 4.90 Å². The summed E-state index contributed by atoms with van der Waals surface area (Å²) in [6.07, 6.45) is 3.57. The molecule has 0 unspecified atom stereocenters. The molecule has 1 rings (SSSR count). The minimum atomic E-state index is 0.387. The molecule has 0 N–H and O–H groups in total. The molecule has 0 spiro atoms. The van der Waals surface area contributed by atoms with Crippen molar-refractivity contribution in [3.63, 3.8) is 0 Å². The van der Waals surface area contributed by atoms with Gasteiger partial charge in [-0.1, -0.05) is 0 Å². The van der Waals surface area contributed by atoms with Crippen molar-refractivity contribution in [3.05, 3.63) is 0 Å². The molecule has 1 aliphatic heterocycles. The smallest absolute Gasteiger partial charge is 0.0610 e. The molecule has 54 valence electrons. The summed E-state index contributed by atoms with van der Waals surface area (Å²) >= 11 is 1.94. The largest absolute Gasteiger partial charge is 0.289 e. The fourth-order valence-electron chi connectivity index (χ4n) is 0.984. The van der Waals surface area contributed by atoms with E-state index in [1.165, 1.54) is 19.5 Å². The molecule has 0 saturated carbocycles. The van der Waals surface area contributed by atoms with Gasteiger partial charge in [0.15, 0.2) is 0 Å². The highest BCUT2D eigenvalue weighted by atomic mass is 32.2. The van der Waals surface area contributed by atoms with Crippen LogP contribution in [0.15, 0.2) is 0 Å². The Kier molecular flexibility index (Phi) is 2.07. The summed E-state index contributed by atoms with van der Waals surface area (Å²) in [5.74, 6) is 0. The number of rotatable bonds is 2. The molecule has 1 saturated heterocycles. The highest BCUT2D eigenvalue weighted by Crippen LogP contribution is 2.29. The van der Waals surface area contributed by atoms with Gasteiger partial charge in [0.25, 0.3) is 0 Å². The summed E-state index contributed by atoms with van der Waals surface area (Å²) < 4.78 is 0. The van der Waals surface area contributed by atoms with E-state index in [4.69, 9.17) is 0 Å². The third kappa shape index (κ3) is 1.41. The Bertz CT molecular complexity index is 97.1. The Morgan fingerprint density at radius 3 is 2.00 bits per heavy atom. The number of likely N-dealkylation sites (tertiary alicyclic amines) is 1. The van der Waals surface area contributed by atoms with Gasteiger partial charge in [-0.25, -0.2) is 0 Å². The maximum atomic E-state index is 2.51. The van der Waals surface area contributed by atoms with Gasteiger partial charge in [0.05, 0.1) is 4.87 Å². The van der Waals surface area contributed by atoms with Crippen LogP contribution >= 0.6 is 11.8 Å². The first-order chi connectivity index (χ1) is 4.17. The van der Waals surface area contributed by atoms with Crippen LogP contribution in [0.1, 0.15) is 20.3 Å². The number of hydrogen-bond acceptors (Lipinski definition) is 2. The van der Waals surface area contributed by atoms with Gasteiger partial charge in [0.1, 0.15) is 0 Å². The molecular formula is C7H15NS. The Morgan fingerprint density at radius 2 is 1.89 bits per heavy atom. The van der Waals surface area contributed by atoms with Crippen molar-refractivity contribution < 1.29 is 0 Å². The average Bonchev–Trinajstić information content (AvgIpc) is 1.60. The van der Waals surface area contributed by atoms with Gasteiger partial charge in [-0.05, 0) is 26.5 Å². The van der Waals surface area contributed by atoms with Crippen LogP contribution in [-0.4, -0.2) is 29.1 Å². The number of hydrogen-bond donors (Lipinski definition) is 0. The zero-order valence-electron chi connectivity index (χ0n) is 6.48. The van der Waals surface area contributed by atoms with Crippen LogP contribution in [0.3, 0.4) is 0 Å². The lowest BCUT2D eigenvalue weighted by molar-refractivity contribution is 0.117. The molecule has 0 aromatic heterocycles. The normalized spacial score (nSPS) is 21.7. The highest BCUT2D eigenvalue weighted by molar-refractivity contribution is 7.99. The maximum absolute atomic E-state index is 2.51. The first-order valence-electron chi connectivity index (χ1n) is 3.47. The van der Waals surface area contributed by atoms with E-state index in [1.807, 2.05) is 11.8 Å². The summed E-state index contributed by atoms with van der Waals surface area (Å²) in [6.45, 7) is 7.18. The van der Waals surface area contributed by atoms with Gasteiger partial charge in [-0.15, -0.1) is 11.8 Å². The standard InChI is InChI=1S/C7H15NS/c1-7(2,9-3)8-5-4-6-8/h4-6H2,1-3H3. The van der Waals surface area contributed by atoms with E-state index in [2.05, 4.69) is 25.0 Å². The summed E-state index contributed by atoms with van der Waals surface area (Å²) in [5, 5.41) is 0. The molecule has 0 aliphatic carbocycles. The van der Waals surface area contributed by atoms with Gasteiger partial charge >= 0.3 is 0 Å². The van der Waals surface area contributed by atoms with Crippen molar-refractivity contribution in [1.29, 1.82) is 0 Å². The molecule has 1 aliphatic rings. The summed E-state index contributed by atoms with van der Waals surface area (Å²) in [5.41, 5.74) is 0. The molecule has 0 atom stereocenters. The second kappa shape index (κ2) is 2.51. The summed E-state index contributed by atoms with van der Waals surface area (Å²) in [7, 11) is 0. The zero-order valence-corrected chi connectivity index (χ0v) is 7.29. The molecule has 0 amide bonds. The predicted octanol–water partition coefficient (Wildman–Crippen LogP) is 1.79. The number of thioether (sulfide) groups is 1. The fraction of sp³-hybridized carbons (Fsp3) is 1.00. The van der Waals surface area contributed by atoms with Crippen LogP contribution in [0.5, 0.6) is 0 Å². The molecule has 9 heavy (non-hydrogen) atoms. The van der Waals surface area contributed by atoms with Gasteiger partial charge in [-0.2, -0.15) is 0 Å². The first kappa shape index (κ1) is 7.42. The van der Waals surface area contributed by atoms with Crippen LogP contribution in [0.2, 0.25) is 0 Å². The monoisotopic (exact) mass is 145 g/mol. The Balaban J connectivity index is 2.37. The summed E-state index contributed by atoms with van der Waals surface area (Å²) in [4.78, 5) is 2.90. The van der Waals surface area contributed by atoms with E-state index in [0.29, 0.717) is 4.87 Å². The van der Waals surface area contributed by atoms with Crippen LogP contribution in [-0.2, 0) is 0 Å². The summed E-state index contributed by atoms with van der Waals surface area (Å²) in [6, 6.07) is 0. The minimum Gasteiger partial charge on any atom is -0.289 e. The molecule has 0 bridgehead atoms. The van der Waals surface area contributed by atoms with Crippen molar-refractivity contribution in [2.24, 2.45) is 0 Å². The van der Waals surface area contributed by atoms with Gasteiger partial charge in [0.2, 0.25) is 0 Å². The lowest BCUT2D eigenvalue weighted by atomic mass is 10.1. The second-order valence-corrected chi connectivity index (χ2v) is 4.40. The van der Waals surface area contributed by atoms with E-state index >= 15 is 0 Å². The lowest BCUT2D eigenvalue weighted by Crippen LogP contribution is -2.49. The van der Waals surface area contributed by atoms with Crippen LogP contribution in [0.25, 0.3) is 0 Å². The SMILES string of the molecule is CSC(C)(C)N1CCC1. The zero-order chi connectivity index (χ0) is 6.91. The van der Waals surface area contributed by atoms with E-state index in [0.717, 1.165) is 0 Å². The van der Waals surface area contributed by atoms with Crippen LogP contribution in [0.4, 0.5) is 0 Å². The quantitative estimate of drug-likeness (QED) is 0.583. The van der Waals surface area contributed by atoms with Crippen molar-refractivity contribution in [3.8, 4) is 0 Å². The molecule has 1 fully saturated rings. The van der Waals surface area contributed by atoms with Gasteiger partial charge < -0.3 is 0 Å².